The van der Waals surface area contributed by atoms with Crippen molar-refractivity contribution in [1.29, 1.82) is 0 Å². The van der Waals surface area contributed by atoms with E-state index in [9.17, 15) is 0 Å². The van der Waals surface area contributed by atoms with Crippen molar-refractivity contribution in [3.05, 3.63) is 23.3 Å². The minimum absolute atomic E-state index is 0.0117. The molecule has 0 radical (unpaired) electrons. The molecule has 1 aromatic rings. The first kappa shape index (κ1) is 15.8. The topological polar surface area (TPSA) is 39.7 Å². The summed E-state index contributed by atoms with van der Waals surface area (Å²) < 4.78 is 15.7. The van der Waals surface area contributed by atoms with Gasteiger partial charge in [0.05, 0.1) is 21.0 Å². The van der Waals surface area contributed by atoms with Gasteiger partial charge in [0.15, 0.2) is 11.5 Å². The highest BCUT2D eigenvalue weighted by atomic mass is 16.5. The third-order valence-electron chi connectivity index (χ3n) is 3.27. The third kappa shape index (κ3) is 3.85. The van der Waals surface area contributed by atoms with Crippen LogP contribution in [0.2, 0.25) is 0 Å². The SMILES string of the molecule is COCNCC(C)(C)c1cc(OC)c(OC)cc1C. The highest BCUT2D eigenvalue weighted by Gasteiger charge is 2.24. The number of rotatable bonds is 7. The monoisotopic (exact) mass is 267 g/mol. The maximum Gasteiger partial charge on any atom is 0.161 e. The van der Waals surface area contributed by atoms with Gasteiger partial charge in [-0.1, -0.05) is 13.8 Å². The first-order chi connectivity index (χ1) is 8.96. The third-order valence-corrected chi connectivity index (χ3v) is 3.27. The van der Waals surface area contributed by atoms with Crippen LogP contribution in [0.4, 0.5) is 0 Å². The van der Waals surface area contributed by atoms with Crippen LogP contribution in [-0.4, -0.2) is 34.6 Å². The Morgan fingerprint density at radius 3 is 2.16 bits per heavy atom. The molecule has 0 fully saturated rings. The Kier molecular flexibility index (Phi) is 5.63. The van der Waals surface area contributed by atoms with E-state index in [1.807, 2.05) is 6.07 Å². The van der Waals surface area contributed by atoms with E-state index in [2.05, 4.69) is 32.2 Å². The van der Waals surface area contributed by atoms with Gasteiger partial charge in [0.25, 0.3) is 0 Å². The summed E-state index contributed by atoms with van der Waals surface area (Å²) in [5, 5.41) is 3.27. The molecule has 0 bridgehead atoms. The minimum atomic E-state index is -0.0117. The highest BCUT2D eigenvalue weighted by Crippen LogP contribution is 2.35. The molecule has 0 amide bonds. The molecule has 0 saturated carbocycles. The molecule has 0 heterocycles. The summed E-state index contributed by atoms with van der Waals surface area (Å²) in [6.45, 7) is 7.87. The van der Waals surface area contributed by atoms with E-state index in [0.29, 0.717) is 6.73 Å². The lowest BCUT2D eigenvalue weighted by Gasteiger charge is -2.28. The molecule has 0 aliphatic heterocycles. The maximum atomic E-state index is 5.38. The van der Waals surface area contributed by atoms with Crippen LogP contribution in [-0.2, 0) is 10.2 Å². The summed E-state index contributed by atoms with van der Waals surface area (Å²) in [5.74, 6) is 1.53. The number of hydrogen-bond donors (Lipinski definition) is 1. The molecule has 0 aromatic heterocycles. The van der Waals surface area contributed by atoms with Crippen molar-refractivity contribution in [1.82, 2.24) is 5.32 Å². The molecule has 0 atom stereocenters. The van der Waals surface area contributed by atoms with E-state index in [1.165, 1.54) is 11.1 Å². The van der Waals surface area contributed by atoms with Crippen molar-refractivity contribution in [3.8, 4) is 11.5 Å². The second-order valence-electron chi connectivity index (χ2n) is 5.27. The Bertz CT molecular complexity index is 416. The first-order valence-electron chi connectivity index (χ1n) is 6.39. The summed E-state index contributed by atoms with van der Waals surface area (Å²) in [6.07, 6.45) is 0. The largest absolute Gasteiger partial charge is 0.493 e. The molecule has 4 heteroatoms. The van der Waals surface area contributed by atoms with Crippen molar-refractivity contribution in [2.24, 2.45) is 0 Å². The first-order valence-corrected chi connectivity index (χ1v) is 6.39. The summed E-state index contributed by atoms with van der Waals surface area (Å²) in [7, 11) is 5.00. The Hall–Kier alpha value is -1.26. The van der Waals surface area contributed by atoms with E-state index in [4.69, 9.17) is 14.2 Å². The number of aryl methyl sites for hydroxylation is 1. The lowest BCUT2D eigenvalue weighted by atomic mass is 9.81. The maximum absolute atomic E-state index is 5.38. The molecular formula is C15H25NO3. The van der Waals surface area contributed by atoms with E-state index in [0.717, 1.165) is 18.0 Å². The molecule has 4 nitrogen and oxygen atoms in total. The van der Waals surface area contributed by atoms with Gasteiger partial charge in [0, 0.05) is 19.1 Å². The number of benzene rings is 1. The standard InChI is InChI=1S/C15H25NO3/c1-11-7-13(18-5)14(19-6)8-12(11)15(2,3)9-16-10-17-4/h7-8,16H,9-10H2,1-6H3. The number of hydrogen-bond acceptors (Lipinski definition) is 4. The fourth-order valence-electron chi connectivity index (χ4n) is 2.27. The average Bonchev–Trinajstić information content (AvgIpc) is 2.38. The zero-order valence-electron chi connectivity index (χ0n) is 12.8. The van der Waals surface area contributed by atoms with Gasteiger partial charge in [-0.3, -0.25) is 5.32 Å². The number of nitrogens with one attached hydrogen (secondary N) is 1. The molecule has 1 N–H and O–H groups in total. The van der Waals surface area contributed by atoms with Gasteiger partial charge in [-0.15, -0.1) is 0 Å². The summed E-state index contributed by atoms with van der Waals surface area (Å²) in [4.78, 5) is 0. The van der Waals surface area contributed by atoms with Crippen molar-refractivity contribution >= 4 is 0 Å². The second kappa shape index (κ2) is 6.78. The van der Waals surface area contributed by atoms with E-state index in [-0.39, 0.29) is 5.41 Å². The van der Waals surface area contributed by atoms with Crippen LogP contribution in [0.3, 0.4) is 0 Å². The minimum Gasteiger partial charge on any atom is -0.493 e. The fourth-order valence-corrected chi connectivity index (χ4v) is 2.27. The normalized spacial score (nSPS) is 11.5. The molecule has 0 aliphatic carbocycles. The van der Waals surface area contributed by atoms with Crippen molar-refractivity contribution in [3.63, 3.8) is 0 Å². The molecular weight excluding hydrogens is 242 g/mol. The lowest BCUT2D eigenvalue weighted by Crippen LogP contribution is -2.34. The van der Waals surface area contributed by atoms with Gasteiger partial charge < -0.3 is 14.2 Å². The molecule has 0 saturated heterocycles. The van der Waals surface area contributed by atoms with Gasteiger partial charge in [0.1, 0.15) is 0 Å². The van der Waals surface area contributed by atoms with E-state index >= 15 is 0 Å². The van der Waals surface area contributed by atoms with Crippen molar-refractivity contribution in [2.75, 3.05) is 34.6 Å². The van der Waals surface area contributed by atoms with Crippen LogP contribution in [0.1, 0.15) is 25.0 Å². The number of ether oxygens (including phenoxy) is 3. The van der Waals surface area contributed by atoms with Crippen LogP contribution in [0.5, 0.6) is 11.5 Å². The smallest absolute Gasteiger partial charge is 0.161 e. The van der Waals surface area contributed by atoms with Gasteiger partial charge in [-0.2, -0.15) is 0 Å². The van der Waals surface area contributed by atoms with Crippen molar-refractivity contribution < 1.29 is 14.2 Å². The Morgan fingerprint density at radius 1 is 1.05 bits per heavy atom. The van der Waals surface area contributed by atoms with Gasteiger partial charge >= 0.3 is 0 Å². The molecule has 0 aliphatic rings. The summed E-state index contributed by atoms with van der Waals surface area (Å²) >= 11 is 0. The fraction of sp³-hybridized carbons (Fsp3) is 0.600. The molecule has 0 spiro atoms. The average molecular weight is 267 g/mol. The number of methoxy groups -OCH3 is 3. The predicted octanol–water partition coefficient (Wildman–Crippen LogP) is 2.48. The zero-order chi connectivity index (χ0) is 14.5. The highest BCUT2D eigenvalue weighted by molar-refractivity contribution is 5.49. The molecule has 1 aromatic carbocycles. The Balaban J connectivity index is 3.04. The Labute approximate surface area is 116 Å². The second-order valence-corrected chi connectivity index (χ2v) is 5.27. The molecule has 1 rings (SSSR count). The van der Waals surface area contributed by atoms with Crippen LogP contribution in [0.25, 0.3) is 0 Å². The van der Waals surface area contributed by atoms with Crippen molar-refractivity contribution in [2.45, 2.75) is 26.2 Å². The van der Waals surface area contributed by atoms with Gasteiger partial charge in [-0.05, 0) is 30.2 Å². The molecule has 108 valence electrons. The van der Waals surface area contributed by atoms with Crippen LogP contribution in [0.15, 0.2) is 12.1 Å². The van der Waals surface area contributed by atoms with Crippen LogP contribution < -0.4 is 14.8 Å². The van der Waals surface area contributed by atoms with Crippen LogP contribution in [0, 0.1) is 6.92 Å². The summed E-state index contributed by atoms with van der Waals surface area (Å²) in [6, 6.07) is 4.08. The van der Waals surface area contributed by atoms with Crippen LogP contribution >= 0.6 is 0 Å². The van der Waals surface area contributed by atoms with Gasteiger partial charge in [-0.25, -0.2) is 0 Å². The van der Waals surface area contributed by atoms with E-state index < -0.39 is 0 Å². The molecule has 0 unspecified atom stereocenters. The Morgan fingerprint density at radius 2 is 1.63 bits per heavy atom. The molecule has 19 heavy (non-hydrogen) atoms. The quantitative estimate of drug-likeness (QED) is 0.608. The zero-order valence-corrected chi connectivity index (χ0v) is 12.8. The van der Waals surface area contributed by atoms with Gasteiger partial charge in [0.2, 0.25) is 0 Å². The predicted molar refractivity (Wildman–Crippen MR) is 77.2 cm³/mol. The summed E-state index contributed by atoms with van der Waals surface area (Å²) in [5.41, 5.74) is 2.43. The lowest BCUT2D eigenvalue weighted by molar-refractivity contribution is 0.169. The van der Waals surface area contributed by atoms with E-state index in [1.54, 1.807) is 21.3 Å².